The molecule has 68 heavy (non-hydrogen) atoms. The van der Waals surface area contributed by atoms with E-state index in [2.05, 4.69) is 11.9 Å². The normalized spacial score (nSPS) is 18.8. The fourth-order valence-electron chi connectivity index (χ4n) is 8.15. The third-order valence-electron chi connectivity index (χ3n) is 11.5. The molecule has 6 aromatic rings. The van der Waals surface area contributed by atoms with Gasteiger partial charge in [-0.05, 0) is 57.6 Å². The minimum atomic E-state index is -1.42. The number of amides is 1. The molecule has 0 saturated carbocycles. The van der Waals surface area contributed by atoms with Gasteiger partial charge in [-0.2, -0.15) is 0 Å². The van der Waals surface area contributed by atoms with Crippen LogP contribution < -0.4 is 5.32 Å². The zero-order chi connectivity index (χ0) is 47.1. The summed E-state index contributed by atoms with van der Waals surface area (Å²) < 4.78 is 49.7. The highest BCUT2D eigenvalue weighted by atomic mass is 16.7. The Kier molecular flexibility index (Phi) is 16.2. The minimum Gasteiger partial charge on any atom is -0.460 e. The molecule has 6 aromatic carbocycles. The van der Waals surface area contributed by atoms with Crippen LogP contribution in [-0.2, 0) is 55.9 Å². The van der Waals surface area contributed by atoms with E-state index in [1.165, 1.54) is 6.08 Å². The summed E-state index contributed by atoms with van der Waals surface area (Å²) >= 11 is 0. The van der Waals surface area contributed by atoms with E-state index in [0.29, 0.717) is 0 Å². The van der Waals surface area contributed by atoms with E-state index < -0.39 is 74.0 Å². The Morgan fingerprint density at radius 3 is 1.65 bits per heavy atom. The predicted octanol–water partition coefficient (Wildman–Crippen LogP) is 8.62. The highest BCUT2D eigenvalue weighted by molar-refractivity contribution is 5.90. The second-order valence-electron chi connectivity index (χ2n) is 16.0. The first-order valence-electron chi connectivity index (χ1n) is 22.3. The van der Waals surface area contributed by atoms with Gasteiger partial charge in [0, 0.05) is 5.92 Å². The zero-order valence-electron chi connectivity index (χ0n) is 37.1. The SMILES string of the molecule is C=CCOC(=O)[C@H](CO[C@@H]1O[C@H](COC(=O)c2ccccc2)[C@H](OC(=O)c2ccccc2)[C@H](OCc2ccccc2)[C@H]1OCc1ccccc1)NC(=O)OCC1c2ccccc2-c2ccccc21. The molecular weight excluding hydrogens is 867 g/mol. The van der Waals surface area contributed by atoms with Gasteiger partial charge in [-0.1, -0.05) is 158 Å². The van der Waals surface area contributed by atoms with Crippen molar-refractivity contribution in [3.8, 4) is 11.1 Å². The standard InChI is InChI=1S/C55H51NO12/c1-2-31-61-53(59)46(56-55(60)66-34-45-43-29-17-15-27-41(43)42-28-16-18-30-44(42)45)35-65-54-50(63-33-38-21-9-4-10-22-38)49(62-32-37-19-7-3-8-20-37)48(68-52(58)40-25-13-6-14-26-40)47(67-54)36-64-51(57)39-23-11-5-12-24-39/h2-30,45-50,54H,1,31-36H2,(H,56,60)/t46-,47+,48-,49-,50+,54+/m0/s1. The fourth-order valence-corrected chi connectivity index (χ4v) is 8.15. The van der Waals surface area contributed by atoms with Crippen LogP contribution in [0, 0.1) is 0 Å². The molecular formula is C55H51NO12. The lowest BCUT2D eigenvalue weighted by Crippen LogP contribution is -2.62. The van der Waals surface area contributed by atoms with Crippen LogP contribution in [0.3, 0.4) is 0 Å². The Morgan fingerprint density at radius 2 is 1.07 bits per heavy atom. The van der Waals surface area contributed by atoms with Gasteiger partial charge >= 0.3 is 24.0 Å². The van der Waals surface area contributed by atoms with Crippen LogP contribution >= 0.6 is 0 Å². The van der Waals surface area contributed by atoms with Gasteiger partial charge in [-0.25, -0.2) is 19.2 Å². The molecule has 1 saturated heterocycles. The van der Waals surface area contributed by atoms with Crippen LogP contribution in [0.1, 0.15) is 48.9 Å². The number of fused-ring (bicyclic) bond motifs is 3. The average molecular weight is 918 g/mol. The molecule has 1 heterocycles. The van der Waals surface area contributed by atoms with Gasteiger partial charge in [0.05, 0.1) is 30.9 Å². The van der Waals surface area contributed by atoms with E-state index in [4.69, 9.17) is 37.9 Å². The van der Waals surface area contributed by atoms with Crippen LogP contribution in [0.5, 0.6) is 0 Å². The van der Waals surface area contributed by atoms with E-state index >= 15 is 0 Å². The summed E-state index contributed by atoms with van der Waals surface area (Å²) in [5.74, 6) is -2.42. The highest BCUT2D eigenvalue weighted by Gasteiger charge is 2.51. The molecule has 0 unspecified atom stereocenters. The fraction of sp³-hybridized carbons (Fsp3) is 0.236. The van der Waals surface area contributed by atoms with Crippen molar-refractivity contribution in [3.63, 3.8) is 0 Å². The monoisotopic (exact) mass is 917 g/mol. The van der Waals surface area contributed by atoms with Crippen molar-refractivity contribution in [3.05, 3.63) is 216 Å². The summed E-state index contributed by atoms with van der Waals surface area (Å²) in [4.78, 5) is 54.6. The summed E-state index contributed by atoms with van der Waals surface area (Å²) in [7, 11) is 0. The molecule has 0 radical (unpaired) electrons. The van der Waals surface area contributed by atoms with Gasteiger partial charge in [-0.3, -0.25) is 0 Å². The van der Waals surface area contributed by atoms with Crippen molar-refractivity contribution in [2.45, 2.75) is 55.9 Å². The maximum Gasteiger partial charge on any atom is 0.407 e. The number of carbonyl (C=O) groups excluding carboxylic acids is 4. The summed E-state index contributed by atoms with van der Waals surface area (Å²) in [6, 6.07) is 50.0. The van der Waals surface area contributed by atoms with Crippen molar-refractivity contribution in [2.75, 3.05) is 26.4 Å². The van der Waals surface area contributed by atoms with E-state index in [1.54, 1.807) is 60.7 Å². The van der Waals surface area contributed by atoms with Crippen LogP contribution in [-0.4, -0.2) is 87.2 Å². The molecule has 1 fully saturated rings. The van der Waals surface area contributed by atoms with Gasteiger partial charge in [0.15, 0.2) is 18.4 Å². The summed E-state index contributed by atoms with van der Waals surface area (Å²) in [5.41, 5.74) is 6.30. The summed E-state index contributed by atoms with van der Waals surface area (Å²) in [5, 5.41) is 2.63. The van der Waals surface area contributed by atoms with Crippen LogP contribution in [0.4, 0.5) is 4.79 Å². The van der Waals surface area contributed by atoms with E-state index in [-0.39, 0.29) is 43.5 Å². The predicted molar refractivity (Wildman–Crippen MR) is 250 cm³/mol. The van der Waals surface area contributed by atoms with E-state index in [1.807, 2.05) is 109 Å². The zero-order valence-corrected chi connectivity index (χ0v) is 37.1. The van der Waals surface area contributed by atoms with Crippen molar-refractivity contribution < 1.29 is 57.1 Å². The number of alkyl carbamates (subject to hydrolysis) is 1. The molecule has 1 amide bonds. The molecule has 2 aliphatic rings. The second kappa shape index (κ2) is 23.3. The Hall–Kier alpha value is -7.42. The van der Waals surface area contributed by atoms with Crippen molar-refractivity contribution in [2.24, 2.45) is 0 Å². The molecule has 1 N–H and O–H groups in total. The molecule has 1 aliphatic heterocycles. The molecule has 0 spiro atoms. The van der Waals surface area contributed by atoms with Crippen molar-refractivity contribution in [1.82, 2.24) is 5.32 Å². The first kappa shape index (κ1) is 47.1. The Labute approximate surface area is 394 Å². The first-order valence-corrected chi connectivity index (χ1v) is 22.3. The second-order valence-corrected chi connectivity index (χ2v) is 16.0. The molecule has 8 rings (SSSR count). The maximum absolute atomic E-state index is 13.9. The number of hydrogen-bond acceptors (Lipinski definition) is 12. The lowest BCUT2D eigenvalue weighted by molar-refractivity contribution is -0.319. The molecule has 1 aliphatic carbocycles. The largest absolute Gasteiger partial charge is 0.460 e. The van der Waals surface area contributed by atoms with Gasteiger partial charge < -0.3 is 43.2 Å². The average Bonchev–Trinajstić information content (AvgIpc) is 3.71. The summed E-state index contributed by atoms with van der Waals surface area (Å²) in [6.45, 7) is 2.64. The topological polar surface area (TPSA) is 154 Å². The quantitative estimate of drug-likeness (QED) is 0.0443. The molecule has 0 aromatic heterocycles. The number of nitrogens with one attached hydrogen (secondary N) is 1. The highest BCUT2D eigenvalue weighted by Crippen LogP contribution is 2.44. The van der Waals surface area contributed by atoms with Gasteiger partial charge in [0.2, 0.25) is 0 Å². The number of esters is 3. The van der Waals surface area contributed by atoms with E-state index in [0.717, 1.165) is 33.4 Å². The van der Waals surface area contributed by atoms with E-state index in [9.17, 15) is 19.2 Å². The molecule has 348 valence electrons. The Morgan fingerprint density at radius 1 is 0.559 bits per heavy atom. The van der Waals surface area contributed by atoms with Gasteiger partial charge in [-0.15, -0.1) is 0 Å². The number of ether oxygens (including phenoxy) is 8. The number of hydrogen-bond donors (Lipinski definition) is 1. The number of rotatable bonds is 20. The smallest absolute Gasteiger partial charge is 0.407 e. The summed E-state index contributed by atoms with van der Waals surface area (Å²) in [6.07, 6.45) is -5.62. The van der Waals surface area contributed by atoms with Crippen LogP contribution in [0.25, 0.3) is 11.1 Å². The minimum absolute atomic E-state index is 0.0107. The first-order chi connectivity index (χ1) is 33.4. The number of benzene rings is 6. The molecule has 13 heteroatoms. The Balaban J connectivity index is 1.08. The third kappa shape index (κ3) is 11.9. The maximum atomic E-state index is 13.9. The van der Waals surface area contributed by atoms with Gasteiger partial charge in [0.1, 0.15) is 38.1 Å². The van der Waals surface area contributed by atoms with Crippen molar-refractivity contribution in [1.29, 1.82) is 0 Å². The van der Waals surface area contributed by atoms with Gasteiger partial charge in [0.25, 0.3) is 0 Å². The lowest BCUT2D eigenvalue weighted by atomic mass is 9.97. The Bertz CT molecular complexity index is 2570. The molecule has 0 bridgehead atoms. The molecule has 6 atom stereocenters. The third-order valence-corrected chi connectivity index (χ3v) is 11.5. The van der Waals surface area contributed by atoms with Crippen LogP contribution in [0.15, 0.2) is 183 Å². The number of carbonyl (C=O) groups is 4. The lowest BCUT2D eigenvalue weighted by Gasteiger charge is -2.45. The van der Waals surface area contributed by atoms with Crippen LogP contribution in [0.2, 0.25) is 0 Å². The van der Waals surface area contributed by atoms with Crippen molar-refractivity contribution >= 4 is 24.0 Å². The molecule has 13 nitrogen and oxygen atoms in total.